The molecule has 1 rings (SSSR count). The second-order valence-electron chi connectivity index (χ2n) is 3.44. The molecule has 15 heavy (non-hydrogen) atoms. The van der Waals surface area contributed by atoms with E-state index in [9.17, 15) is 0 Å². The molecule has 4 heteroatoms. The highest BCUT2D eigenvalue weighted by atomic mass is 16.5. The minimum atomic E-state index is 0.758. The summed E-state index contributed by atoms with van der Waals surface area (Å²) in [5.74, 6) is 1.81. The van der Waals surface area contributed by atoms with Gasteiger partial charge in [0.1, 0.15) is 11.6 Å². The van der Waals surface area contributed by atoms with Crippen molar-refractivity contribution in [2.75, 3.05) is 25.6 Å². The first-order chi connectivity index (χ1) is 7.26. The molecule has 0 saturated heterocycles. The van der Waals surface area contributed by atoms with Gasteiger partial charge in [-0.2, -0.15) is 0 Å². The first-order valence-corrected chi connectivity index (χ1v) is 5.33. The molecule has 84 valence electrons. The fraction of sp³-hybridized carbons (Fsp3) is 0.636. The summed E-state index contributed by atoms with van der Waals surface area (Å²) in [6, 6.07) is 1.96. The number of aryl methyl sites for hydroxylation is 2. The van der Waals surface area contributed by atoms with Crippen LogP contribution in [0.5, 0.6) is 0 Å². The Kier molecular flexibility index (Phi) is 5.04. The molecule has 0 fully saturated rings. The smallest absolute Gasteiger partial charge is 0.131 e. The molecule has 1 aromatic heterocycles. The van der Waals surface area contributed by atoms with Crippen LogP contribution in [-0.4, -0.2) is 30.2 Å². The molecule has 0 unspecified atom stereocenters. The Bertz CT molecular complexity index is 302. The molecule has 0 aromatic carbocycles. The average Bonchev–Trinajstić information content (AvgIpc) is 2.18. The molecule has 0 aliphatic rings. The van der Waals surface area contributed by atoms with Crippen LogP contribution in [0.1, 0.15) is 24.9 Å². The Hall–Kier alpha value is -1.16. The molecule has 0 aliphatic carbocycles. The van der Waals surface area contributed by atoms with E-state index < -0.39 is 0 Å². The van der Waals surface area contributed by atoms with Crippen molar-refractivity contribution >= 4 is 5.82 Å². The van der Waals surface area contributed by atoms with Crippen molar-refractivity contribution in [3.63, 3.8) is 0 Å². The topological polar surface area (TPSA) is 47.0 Å². The van der Waals surface area contributed by atoms with E-state index in [0.29, 0.717) is 0 Å². The summed E-state index contributed by atoms with van der Waals surface area (Å²) >= 11 is 0. The number of hydrogen-bond donors (Lipinski definition) is 1. The van der Waals surface area contributed by atoms with Gasteiger partial charge in [0.05, 0.1) is 0 Å². The second-order valence-corrected chi connectivity index (χ2v) is 3.44. The number of hydrogen-bond acceptors (Lipinski definition) is 4. The number of methoxy groups -OCH3 is 1. The van der Waals surface area contributed by atoms with Crippen LogP contribution < -0.4 is 5.32 Å². The van der Waals surface area contributed by atoms with Crippen molar-refractivity contribution < 1.29 is 4.74 Å². The Morgan fingerprint density at radius 3 is 2.87 bits per heavy atom. The van der Waals surface area contributed by atoms with Crippen LogP contribution in [0, 0.1) is 6.92 Å². The predicted octanol–water partition coefficient (Wildman–Crippen LogP) is 1.80. The number of nitrogens with zero attached hydrogens (tertiary/aromatic N) is 2. The third-order valence-corrected chi connectivity index (χ3v) is 2.01. The van der Waals surface area contributed by atoms with Gasteiger partial charge in [0.15, 0.2) is 0 Å². The van der Waals surface area contributed by atoms with Gasteiger partial charge in [-0.3, -0.25) is 0 Å². The third kappa shape index (κ3) is 4.25. The van der Waals surface area contributed by atoms with Gasteiger partial charge in [0, 0.05) is 38.4 Å². The predicted molar refractivity (Wildman–Crippen MR) is 61.1 cm³/mol. The van der Waals surface area contributed by atoms with Crippen molar-refractivity contribution in [3.05, 3.63) is 17.6 Å². The summed E-state index contributed by atoms with van der Waals surface area (Å²) in [4.78, 5) is 8.80. The average molecular weight is 209 g/mol. The molecule has 0 atom stereocenters. The number of anilines is 1. The molecule has 4 nitrogen and oxygen atoms in total. The number of rotatable bonds is 6. The van der Waals surface area contributed by atoms with E-state index in [1.54, 1.807) is 7.11 Å². The summed E-state index contributed by atoms with van der Waals surface area (Å²) in [6.07, 6.45) is 1.83. The fourth-order valence-corrected chi connectivity index (χ4v) is 1.39. The zero-order chi connectivity index (χ0) is 11.1. The highest BCUT2D eigenvalue weighted by molar-refractivity contribution is 5.35. The minimum Gasteiger partial charge on any atom is -0.385 e. The molecule has 1 N–H and O–H groups in total. The standard InChI is InChI=1S/C11H19N3O/c1-4-12-11-8-9(2)13-10(14-11)6-5-7-15-3/h8H,4-7H2,1-3H3,(H,12,13,14). The lowest BCUT2D eigenvalue weighted by Crippen LogP contribution is -2.05. The monoisotopic (exact) mass is 209 g/mol. The lowest BCUT2D eigenvalue weighted by atomic mass is 10.3. The quantitative estimate of drug-likeness (QED) is 0.726. The third-order valence-electron chi connectivity index (χ3n) is 2.01. The first kappa shape index (κ1) is 11.9. The molecule has 0 radical (unpaired) electrons. The van der Waals surface area contributed by atoms with E-state index in [-0.39, 0.29) is 0 Å². The number of aromatic nitrogens is 2. The van der Waals surface area contributed by atoms with E-state index in [4.69, 9.17) is 4.74 Å². The van der Waals surface area contributed by atoms with E-state index in [1.165, 1.54) is 0 Å². The maximum atomic E-state index is 5.00. The molecule has 0 amide bonds. The Morgan fingerprint density at radius 1 is 1.40 bits per heavy atom. The molecule has 0 aliphatic heterocycles. The number of nitrogens with one attached hydrogen (secondary N) is 1. The van der Waals surface area contributed by atoms with Crippen LogP contribution in [0.3, 0.4) is 0 Å². The van der Waals surface area contributed by atoms with Gasteiger partial charge in [-0.05, 0) is 20.3 Å². The largest absolute Gasteiger partial charge is 0.385 e. The van der Waals surface area contributed by atoms with Gasteiger partial charge in [0.2, 0.25) is 0 Å². The SMILES string of the molecule is CCNc1cc(C)nc(CCCOC)n1. The van der Waals surface area contributed by atoms with Crippen LogP contribution in [0.4, 0.5) is 5.82 Å². The minimum absolute atomic E-state index is 0.758. The lowest BCUT2D eigenvalue weighted by molar-refractivity contribution is 0.194. The van der Waals surface area contributed by atoms with E-state index in [2.05, 4.69) is 22.2 Å². The van der Waals surface area contributed by atoms with Crippen molar-refractivity contribution in [3.8, 4) is 0 Å². The molecule has 1 aromatic rings. The Morgan fingerprint density at radius 2 is 2.20 bits per heavy atom. The van der Waals surface area contributed by atoms with E-state index in [1.807, 2.05) is 13.0 Å². The van der Waals surface area contributed by atoms with Crippen LogP contribution in [0.2, 0.25) is 0 Å². The van der Waals surface area contributed by atoms with Crippen molar-refractivity contribution in [1.29, 1.82) is 0 Å². The van der Waals surface area contributed by atoms with Gasteiger partial charge >= 0.3 is 0 Å². The van der Waals surface area contributed by atoms with Gasteiger partial charge < -0.3 is 10.1 Å². The summed E-state index contributed by atoms with van der Waals surface area (Å²) in [7, 11) is 1.71. The van der Waals surface area contributed by atoms with Gasteiger partial charge in [-0.15, -0.1) is 0 Å². The van der Waals surface area contributed by atoms with Crippen molar-refractivity contribution in [1.82, 2.24) is 9.97 Å². The van der Waals surface area contributed by atoms with Crippen LogP contribution in [0.25, 0.3) is 0 Å². The summed E-state index contributed by atoms with van der Waals surface area (Å²) < 4.78 is 5.00. The fourth-order valence-electron chi connectivity index (χ4n) is 1.39. The second kappa shape index (κ2) is 6.35. The van der Waals surface area contributed by atoms with Gasteiger partial charge in [-0.25, -0.2) is 9.97 Å². The van der Waals surface area contributed by atoms with Gasteiger partial charge in [-0.1, -0.05) is 0 Å². The maximum absolute atomic E-state index is 5.00. The van der Waals surface area contributed by atoms with E-state index >= 15 is 0 Å². The van der Waals surface area contributed by atoms with Crippen LogP contribution >= 0.6 is 0 Å². The van der Waals surface area contributed by atoms with Crippen molar-refractivity contribution in [2.45, 2.75) is 26.7 Å². The Balaban J connectivity index is 2.62. The summed E-state index contributed by atoms with van der Waals surface area (Å²) in [6.45, 7) is 5.69. The molecular formula is C11H19N3O. The first-order valence-electron chi connectivity index (χ1n) is 5.33. The molecule has 1 heterocycles. The normalized spacial score (nSPS) is 10.3. The lowest BCUT2D eigenvalue weighted by Gasteiger charge is -2.06. The highest BCUT2D eigenvalue weighted by Gasteiger charge is 2.01. The summed E-state index contributed by atoms with van der Waals surface area (Å²) in [5.41, 5.74) is 1.01. The molecule has 0 saturated carbocycles. The van der Waals surface area contributed by atoms with Crippen LogP contribution in [-0.2, 0) is 11.2 Å². The van der Waals surface area contributed by atoms with Gasteiger partial charge in [0.25, 0.3) is 0 Å². The molecular weight excluding hydrogens is 190 g/mol. The Labute approximate surface area is 91.1 Å². The maximum Gasteiger partial charge on any atom is 0.131 e. The zero-order valence-electron chi connectivity index (χ0n) is 9.71. The zero-order valence-corrected chi connectivity index (χ0v) is 9.71. The van der Waals surface area contributed by atoms with Crippen LogP contribution in [0.15, 0.2) is 6.07 Å². The molecule has 0 spiro atoms. The van der Waals surface area contributed by atoms with E-state index in [0.717, 1.165) is 43.3 Å². The number of ether oxygens (including phenoxy) is 1. The highest BCUT2D eigenvalue weighted by Crippen LogP contribution is 2.07. The molecule has 0 bridgehead atoms. The summed E-state index contributed by atoms with van der Waals surface area (Å²) in [5, 5.41) is 3.20. The van der Waals surface area contributed by atoms with Crippen molar-refractivity contribution in [2.24, 2.45) is 0 Å².